The Balaban J connectivity index is 1.68. The van der Waals surface area contributed by atoms with Gasteiger partial charge in [0.05, 0.1) is 24.5 Å². The summed E-state index contributed by atoms with van der Waals surface area (Å²) in [7, 11) is 2.71. The highest BCUT2D eigenvalue weighted by Crippen LogP contribution is 2.17. The maximum atomic E-state index is 12.8. The van der Waals surface area contributed by atoms with Crippen LogP contribution in [0.15, 0.2) is 24.3 Å². The minimum absolute atomic E-state index is 0.0667. The molecule has 0 radical (unpaired) electrons. The van der Waals surface area contributed by atoms with E-state index in [1.54, 1.807) is 12.1 Å². The molecule has 0 bridgehead atoms. The van der Waals surface area contributed by atoms with Crippen LogP contribution in [-0.4, -0.2) is 90.8 Å². The number of hydrogen-bond donors (Lipinski definition) is 6. The van der Waals surface area contributed by atoms with E-state index in [9.17, 15) is 29.1 Å². The Hall–Kier alpha value is -3.55. The highest BCUT2D eigenvalue weighted by atomic mass is 16.5. The highest BCUT2D eigenvalue weighted by Gasteiger charge is 2.45. The first-order valence-corrected chi connectivity index (χ1v) is 10.2. The lowest BCUT2D eigenvalue weighted by Gasteiger charge is -2.44. The molecule has 0 spiro atoms. The van der Waals surface area contributed by atoms with Crippen molar-refractivity contribution >= 4 is 35.4 Å². The second kappa shape index (κ2) is 9.94. The van der Waals surface area contributed by atoms with Crippen molar-refractivity contribution in [2.24, 2.45) is 0 Å². The van der Waals surface area contributed by atoms with E-state index >= 15 is 0 Å². The lowest BCUT2D eigenvalue weighted by Crippen LogP contribution is -2.77. The van der Waals surface area contributed by atoms with Gasteiger partial charge in [-0.05, 0) is 19.1 Å². The number of piperazine rings is 1. The summed E-state index contributed by atoms with van der Waals surface area (Å²) in [5, 5.41) is 23.1. The molecular formula is C20H26N6O7. The number of aliphatic hydroxyl groups is 1. The number of imide groups is 1. The molecule has 13 nitrogen and oxygen atoms in total. The van der Waals surface area contributed by atoms with Crippen molar-refractivity contribution in [1.29, 1.82) is 0 Å². The number of methoxy groups -OCH3 is 1. The molecule has 2 saturated heterocycles. The number of nitrogens with zero attached hydrogens (tertiary/aromatic N) is 1. The van der Waals surface area contributed by atoms with Gasteiger partial charge in [-0.1, -0.05) is 12.1 Å². The zero-order valence-electron chi connectivity index (χ0n) is 18.2. The number of urea groups is 1. The Morgan fingerprint density at radius 3 is 2.61 bits per heavy atom. The number of amides is 5. The van der Waals surface area contributed by atoms with E-state index in [2.05, 4.69) is 26.6 Å². The normalized spacial score (nSPS) is 24.1. The second-order valence-electron chi connectivity index (χ2n) is 7.71. The topological polar surface area (TPSA) is 178 Å². The average molecular weight is 462 g/mol. The molecule has 2 fully saturated rings. The number of fused-ring (bicyclic) bond motifs is 1. The maximum Gasteiger partial charge on any atom is 0.339 e. The van der Waals surface area contributed by atoms with Crippen LogP contribution in [0.5, 0.6) is 0 Å². The SMILES string of the molecule is COC(=O)c1ccccc1NC(=O)C(NC(=O)C1CNC2C(N1)C(=O)NC(=O)N2C)C(C)O. The van der Waals surface area contributed by atoms with Crippen LogP contribution >= 0.6 is 0 Å². The highest BCUT2D eigenvalue weighted by molar-refractivity contribution is 6.04. The molecule has 0 saturated carbocycles. The summed E-state index contributed by atoms with van der Waals surface area (Å²) in [6.45, 7) is 1.39. The first kappa shape index (κ1) is 24.1. The number of carbonyl (C=O) groups excluding carboxylic acids is 5. The summed E-state index contributed by atoms with van der Waals surface area (Å²) in [6, 6.07) is 2.42. The van der Waals surface area contributed by atoms with Gasteiger partial charge in [-0.3, -0.25) is 30.3 Å². The molecule has 5 unspecified atom stereocenters. The van der Waals surface area contributed by atoms with E-state index in [-0.39, 0.29) is 17.8 Å². The summed E-state index contributed by atoms with van der Waals surface area (Å²) in [4.78, 5) is 62.8. The standard InChI is InChI=1S/C20H26N6O7/c1-9(27)13(17(29)23-11-7-5-4-6-10(11)19(31)33-3)24-16(28)12-8-21-15-14(22-12)18(30)25-20(32)26(15)2/h4-7,9,12-15,21-22,27H,8H2,1-3H3,(H,23,29)(H,24,28)(H,25,30,32). The molecule has 2 aliphatic rings. The van der Waals surface area contributed by atoms with Crippen molar-refractivity contribution in [2.75, 3.05) is 26.0 Å². The fourth-order valence-corrected chi connectivity index (χ4v) is 3.62. The lowest BCUT2D eigenvalue weighted by atomic mass is 10.0. The molecule has 2 heterocycles. The Labute approximate surface area is 189 Å². The Bertz CT molecular complexity index is 968. The van der Waals surface area contributed by atoms with Gasteiger partial charge in [0.2, 0.25) is 17.7 Å². The molecule has 2 aliphatic heterocycles. The molecule has 5 atom stereocenters. The van der Waals surface area contributed by atoms with E-state index in [0.29, 0.717) is 0 Å². The van der Waals surface area contributed by atoms with Gasteiger partial charge in [0.1, 0.15) is 24.3 Å². The quantitative estimate of drug-likeness (QED) is 0.254. The van der Waals surface area contributed by atoms with E-state index < -0.39 is 60.1 Å². The third-order valence-electron chi connectivity index (χ3n) is 5.45. The van der Waals surface area contributed by atoms with Gasteiger partial charge >= 0.3 is 12.0 Å². The Kier molecular flexibility index (Phi) is 7.26. The minimum Gasteiger partial charge on any atom is -0.465 e. The summed E-state index contributed by atoms with van der Waals surface area (Å²) in [5.41, 5.74) is 0.260. The first-order chi connectivity index (χ1) is 15.6. The fraction of sp³-hybridized carbons (Fsp3) is 0.450. The van der Waals surface area contributed by atoms with Crippen LogP contribution in [0.4, 0.5) is 10.5 Å². The van der Waals surface area contributed by atoms with Gasteiger partial charge in [-0.15, -0.1) is 0 Å². The molecule has 33 heavy (non-hydrogen) atoms. The van der Waals surface area contributed by atoms with Gasteiger partial charge in [0, 0.05) is 13.6 Å². The Morgan fingerprint density at radius 1 is 1.24 bits per heavy atom. The van der Waals surface area contributed by atoms with Crippen LogP contribution in [0.2, 0.25) is 0 Å². The van der Waals surface area contributed by atoms with Crippen molar-refractivity contribution < 1.29 is 33.8 Å². The summed E-state index contributed by atoms with van der Waals surface area (Å²) >= 11 is 0. The number of anilines is 1. The maximum absolute atomic E-state index is 12.8. The number of rotatable bonds is 6. The van der Waals surface area contributed by atoms with Gasteiger partial charge in [0.25, 0.3) is 0 Å². The predicted molar refractivity (Wildman–Crippen MR) is 114 cm³/mol. The third-order valence-corrected chi connectivity index (χ3v) is 5.45. The zero-order chi connectivity index (χ0) is 24.3. The molecular weight excluding hydrogens is 436 g/mol. The molecule has 1 aromatic carbocycles. The fourth-order valence-electron chi connectivity index (χ4n) is 3.62. The number of hydrogen-bond acceptors (Lipinski definition) is 9. The zero-order valence-corrected chi connectivity index (χ0v) is 18.2. The summed E-state index contributed by atoms with van der Waals surface area (Å²) in [6.07, 6.45) is -1.91. The van der Waals surface area contributed by atoms with E-state index in [4.69, 9.17) is 4.74 Å². The van der Waals surface area contributed by atoms with E-state index in [0.717, 1.165) is 0 Å². The number of likely N-dealkylation sites (N-methyl/N-ethyl adjacent to an activating group) is 1. The first-order valence-electron chi connectivity index (χ1n) is 10.2. The summed E-state index contributed by atoms with van der Waals surface area (Å²) < 4.78 is 4.69. The number of nitrogens with one attached hydrogen (secondary N) is 5. The average Bonchev–Trinajstić information content (AvgIpc) is 2.80. The van der Waals surface area contributed by atoms with Gasteiger partial charge < -0.3 is 25.4 Å². The van der Waals surface area contributed by atoms with Crippen LogP contribution in [0, 0.1) is 0 Å². The smallest absolute Gasteiger partial charge is 0.339 e. The molecule has 5 amide bonds. The molecule has 0 aliphatic carbocycles. The molecule has 13 heteroatoms. The van der Waals surface area contributed by atoms with Crippen LogP contribution in [-0.2, 0) is 19.1 Å². The van der Waals surface area contributed by atoms with Crippen LogP contribution in [0.3, 0.4) is 0 Å². The lowest BCUT2D eigenvalue weighted by molar-refractivity contribution is -0.133. The van der Waals surface area contributed by atoms with Gasteiger partial charge in [0.15, 0.2) is 0 Å². The number of ether oxygens (including phenoxy) is 1. The number of carbonyl (C=O) groups is 5. The largest absolute Gasteiger partial charge is 0.465 e. The van der Waals surface area contributed by atoms with Crippen molar-refractivity contribution in [2.45, 2.75) is 37.3 Å². The van der Waals surface area contributed by atoms with Crippen LogP contribution in [0.25, 0.3) is 0 Å². The monoisotopic (exact) mass is 462 g/mol. The van der Waals surface area contributed by atoms with E-state index in [1.807, 2.05) is 0 Å². The van der Waals surface area contributed by atoms with Crippen molar-refractivity contribution in [1.82, 2.24) is 26.2 Å². The van der Waals surface area contributed by atoms with Gasteiger partial charge in [-0.25, -0.2) is 9.59 Å². The number of aliphatic hydroxyl groups excluding tert-OH is 1. The third kappa shape index (κ3) is 5.10. The van der Waals surface area contributed by atoms with Crippen molar-refractivity contribution in [3.8, 4) is 0 Å². The van der Waals surface area contributed by atoms with Crippen molar-refractivity contribution in [3.63, 3.8) is 0 Å². The number of esters is 1. The second-order valence-corrected chi connectivity index (χ2v) is 7.71. The van der Waals surface area contributed by atoms with E-state index in [1.165, 1.54) is 38.1 Å². The molecule has 1 aromatic rings. The molecule has 3 rings (SSSR count). The number of para-hydroxylation sites is 1. The minimum atomic E-state index is -1.35. The van der Waals surface area contributed by atoms with Crippen LogP contribution in [0.1, 0.15) is 17.3 Å². The van der Waals surface area contributed by atoms with Crippen molar-refractivity contribution in [3.05, 3.63) is 29.8 Å². The molecule has 0 aromatic heterocycles. The molecule has 178 valence electrons. The molecule has 6 N–H and O–H groups in total. The van der Waals surface area contributed by atoms with Crippen LogP contribution < -0.4 is 26.6 Å². The number of benzene rings is 1. The predicted octanol–water partition coefficient (Wildman–Crippen LogP) is -2.28. The van der Waals surface area contributed by atoms with Gasteiger partial charge in [-0.2, -0.15) is 0 Å². The summed E-state index contributed by atoms with van der Waals surface area (Å²) in [5.74, 6) is -2.64. The Morgan fingerprint density at radius 2 is 1.94 bits per heavy atom.